The zero-order valence-electron chi connectivity index (χ0n) is 10.7. The van der Waals surface area contributed by atoms with Crippen LogP contribution < -0.4 is 0 Å². The van der Waals surface area contributed by atoms with E-state index in [1.165, 1.54) is 0 Å². The van der Waals surface area contributed by atoms with E-state index in [1.807, 2.05) is 6.92 Å². The standard InChI is InChI=1S/C13H24O3/c1-4-10-8-7-9-13(10,15)11(5-2)12(14)16-6-3/h10-11,15H,4-9H2,1-3H3. The second-order valence-corrected chi connectivity index (χ2v) is 4.70. The lowest BCUT2D eigenvalue weighted by Gasteiger charge is -2.35. The molecule has 0 amide bonds. The van der Waals surface area contributed by atoms with E-state index in [1.54, 1.807) is 6.92 Å². The Morgan fingerprint density at radius 1 is 1.50 bits per heavy atom. The summed E-state index contributed by atoms with van der Waals surface area (Å²) in [5.41, 5.74) is -0.824. The molecular formula is C13H24O3. The van der Waals surface area contributed by atoms with Crippen LogP contribution in [0.2, 0.25) is 0 Å². The second-order valence-electron chi connectivity index (χ2n) is 4.70. The zero-order valence-corrected chi connectivity index (χ0v) is 10.7. The summed E-state index contributed by atoms with van der Waals surface area (Å²) in [5.74, 6) is -0.324. The molecule has 0 saturated heterocycles. The molecule has 0 aromatic carbocycles. The molecule has 1 aliphatic rings. The van der Waals surface area contributed by atoms with Crippen molar-refractivity contribution in [3.63, 3.8) is 0 Å². The SMILES string of the molecule is CCOC(=O)C(CC)C1(O)CCCC1CC. The van der Waals surface area contributed by atoms with Crippen LogP contribution in [0, 0.1) is 11.8 Å². The predicted octanol–water partition coefficient (Wildman–Crippen LogP) is 2.52. The number of carbonyl (C=O) groups is 1. The smallest absolute Gasteiger partial charge is 0.311 e. The molecule has 16 heavy (non-hydrogen) atoms. The average Bonchev–Trinajstić information content (AvgIpc) is 2.61. The van der Waals surface area contributed by atoms with Gasteiger partial charge in [0, 0.05) is 0 Å². The number of hydrogen-bond donors (Lipinski definition) is 1. The molecule has 0 aliphatic heterocycles. The van der Waals surface area contributed by atoms with Gasteiger partial charge in [-0.2, -0.15) is 0 Å². The van der Waals surface area contributed by atoms with E-state index in [4.69, 9.17) is 4.74 Å². The van der Waals surface area contributed by atoms with Gasteiger partial charge in [-0.05, 0) is 32.1 Å². The maximum absolute atomic E-state index is 11.8. The Labute approximate surface area is 98.2 Å². The molecule has 0 heterocycles. The molecule has 0 radical (unpaired) electrons. The van der Waals surface area contributed by atoms with Gasteiger partial charge < -0.3 is 9.84 Å². The van der Waals surface area contributed by atoms with Crippen molar-refractivity contribution in [3.8, 4) is 0 Å². The first-order valence-electron chi connectivity index (χ1n) is 6.49. The Morgan fingerprint density at radius 3 is 2.69 bits per heavy atom. The Morgan fingerprint density at radius 2 is 2.19 bits per heavy atom. The van der Waals surface area contributed by atoms with Crippen LogP contribution in [0.1, 0.15) is 52.9 Å². The highest BCUT2D eigenvalue weighted by atomic mass is 16.5. The molecule has 1 fully saturated rings. The minimum Gasteiger partial charge on any atom is -0.466 e. The third-order valence-electron chi connectivity index (χ3n) is 3.91. The highest BCUT2D eigenvalue weighted by Crippen LogP contribution is 2.44. The van der Waals surface area contributed by atoms with Crippen molar-refractivity contribution in [3.05, 3.63) is 0 Å². The van der Waals surface area contributed by atoms with Gasteiger partial charge in [0.25, 0.3) is 0 Å². The summed E-state index contributed by atoms with van der Waals surface area (Å²) in [4.78, 5) is 11.8. The van der Waals surface area contributed by atoms with Crippen molar-refractivity contribution in [1.29, 1.82) is 0 Å². The van der Waals surface area contributed by atoms with Gasteiger partial charge in [-0.15, -0.1) is 0 Å². The molecule has 3 nitrogen and oxygen atoms in total. The van der Waals surface area contributed by atoms with Gasteiger partial charge in [-0.25, -0.2) is 0 Å². The van der Waals surface area contributed by atoms with Crippen molar-refractivity contribution in [1.82, 2.24) is 0 Å². The van der Waals surface area contributed by atoms with Crippen LogP contribution in [0.4, 0.5) is 0 Å². The normalized spacial score (nSPS) is 31.4. The monoisotopic (exact) mass is 228 g/mol. The molecule has 0 aromatic rings. The lowest BCUT2D eigenvalue weighted by atomic mass is 9.76. The minimum atomic E-state index is -0.824. The van der Waals surface area contributed by atoms with Gasteiger partial charge in [0.2, 0.25) is 0 Å². The largest absolute Gasteiger partial charge is 0.466 e. The van der Waals surface area contributed by atoms with Crippen LogP contribution >= 0.6 is 0 Å². The number of aliphatic hydroxyl groups is 1. The fourth-order valence-electron chi connectivity index (χ4n) is 3.07. The van der Waals surface area contributed by atoms with Crippen molar-refractivity contribution in [2.75, 3.05) is 6.61 Å². The summed E-state index contributed by atoms with van der Waals surface area (Å²) in [6.07, 6.45) is 4.38. The predicted molar refractivity (Wildman–Crippen MR) is 63.0 cm³/mol. The highest BCUT2D eigenvalue weighted by Gasteiger charge is 2.48. The van der Waals surface area contributed by atoms with E-state index in [0.29, 0.717) is 13.0 Å². The second kappa shape index (κ2) is 5.67. The molecule has 1 rings (SSSR count). The molecule has 1 saturated carbocycles. The molecule has 3 unspecified atom stereocenters. The van der Waals surface area contributed by atoms with E-state index in [0.717, 1.165) is 25.7 Å². The minimum absolute atomic E-state index is 0.229. The first-order valence-corrected chi connectivity index (χ1v) is 6.49. The van der Waals surface area contributed by atoms with Gasteiger partial charge in [-0.3, -0.25) is 4.79 Å². The average molecular weight is 228 g/mol. The summed E-state index contributed by atoms with van der Waals surface area (Å²) < 4.78 is 5.07. The van der Waals surface area contributed by atoms with Crippen LogP contribution in [0.15, 0.2) is 0 Å². The summed E-state index contributed by atoms with van der Waals surface area (Å²) in [5, 5.41) is 10.7. The van der Waals surface area contributed by atoms with Gasteiger partial charge >= 0.3 is 5.97 Å². The molecule has 3 atom stereocenters. The number of hydrogen-bond acceptors (Lipinski definition) is 3. The van der Waals surface area contributed by atoms with Crippen molar-refractivity contribution in [2.24, 2.45) is 11.8 Å². The molecule has 1 aliphatic carbocycles. The number of rotatable bonds is 5. The molecule has 3 heteroatoms. The summed E-state index contributed by atoms with van der Waals surface area (Å²) in [7, 11) is 0. The highest BCUT2D eigenvalue weighted by molar-refractivity contribution is 5.74. The van der Waals surface area contributed by atoms with Gasteiger partial charge in [0.15, 0.2) is 0 Å². The van der Waals surface area contributed by atoms with Crippen LogP contribution in [-0.2, 0) is 9.53 Å². The van der Waals surface area contributed by atoms with Crippen LogP contribution in [0.3, 0.4) is 0 Å². The lowest BCUT2D eigenvalue weighted by molar-refractivity contribution is -0.162. The summed E-state index contributed by atoms with van der Waals surface area (Å²) in [6, 6.07) is 0. The van der Waals surface area contributed by atoms with Gasteiger partial charge in [0.1, 0.15) is 0 Å². The Kier molecular flexibility index (Phi) is 4.78. The number of esters is 1. The first kappa shape index (κ1) is 13.5. The van der Waals surface area contributed by atoms with E-state index in [-0.39, 0.29) is 17.8 Å². The third-order valence-corrected chi connectivity index (χ3v) is 3.91. The Balaban J connectivity index is 2.81. The van der Waals surface area contributed by atoms with Crippen LogP contribution in [-0.4, -0.2) is 23.3 Å². The molecule has 0 bridgehead atoms. The van der Waals surface area contributed by atoms with E-state index < -0.39 is 5.60 Å². The van der Waals surface area contributed by atoms with Crippen molar-refractivity contribution in [2.45, 2.75) is 58.5 Å². The summed E-state index contributed by atoms with van der Waals surface area (Å²) in [6.45, 7) is 6.23. The van der Waals surface area contributed by atoms with Gasteiger partial charge in [0.05, 0.1) is 18.1 Å². The lowest BCUT2D eigenvalue weighted by Crippen LogP contribution is -2.45. The topological polar surface area (TPSA) is 46.5 Å². The van der Waals surface area contributed by atoms with Crippen LogP contribution in [0.25, 0.3) is 0 Å². The molecular weight excluding hydrogens is 204 g/mol. The third kappa shape index (κ3) is 2.40. The maximum atomic E-state index is 11.8. The molecule has 1 N–H and O–H groups in total. The van der Waals surface area contributed by atoms with Gasteiger partial charge in [-0.1, -0.05) is 26.7 Å². The fourth-order valence-corrected chi connectivity index (χ4v) is 3.07. The molecule has 0 spiro atoms. The maximum Gasteiger partial charge on any atom is 0.311 e. The fraction of sp³-hybridized carbons (Fsp3) is 0.923. The van der Waals surface area contributed by atoms with Crippen LogP contribution in [0.5, 0.6) is 0 Å². The van der Waals surface area contributed by atoms with E-state index in [2.05, 4.69) is 6.92 Å². The van der Waals surface area contributed by atoms with Crippen molar-refractivity contribution < 1.29 is 14.6 Å². The molecule has 0 aromatic heterocycles. The van der Waals surface area contributed by atoms with Crippen molar-refractivity contribution >= 4 is 5.97 Å². The Hall–Kier alpha value is -0.570. The van der Waals surface area contributed by atoms with E-state index in [9.17, 15) is 9.90 Å². The quantitative estimate of drug-likeness (QED) is 0.735. The number of ether oxygens (including phenoxy) is 1. The van der Waals surface area contributed by atoms with E-state index >= 15 is 0 Å². The zero-order chi connectivity index (χ0) is 12.2. The molecule has 94 valence electrons. The number of carbonyl (C=O) groups excluding carboxylic acids is 1. The first-order chi connectivity index (χ1) is 7.60. The summed E-state index contributed by atoms with van der Waals surface area (Å²) >= 11 is 0. The Bertz CT molecular complexity index is 239.